The number of carbonyl (C=O) groups excluding carboxylic acids is 1. The number of ether oxygens (including phenoxy) is 4. The molecule has 2 aromatic carbocycles. The summed E-state index contributed by atoms with van der Waals surface area (Å²) in [6, 6.07) is 10.4. The second-order valence-electron chi connectivity index (χ2n) is 9.00. The van der Waals surface area contributed by atoms with Gasteiger partial charge in [-0.1, -0.05) is 12.1 Å². The molecule has 2 aromatic rings. The predicted octanol–water partition coefficient (Wildman–Crippen LogP) is 4.37. The summed E-state index contributed by atoms with van der Waals surface area (Å²) in [4.78, 5) is 14.8. The molecule has 2 aliphatic heterocycles. The zero-order valence-electron chi connectivity index (χ0n) is 20.6. The molecule has 9 heteroatoms. The van der Waals surface area contributed by atoms with E-state index >= 15 is 0 Å². The standard InChI is InChI=1S/C25H26F3NO5/c1-31-21-9-17(5-6-20(21)32-14-16-11-24(27,28)12-16)23(30)29-8-7-25(22(13-29)33-15-34-25)18-3-2-4-19(26)10-18/h2-6,9-10,16,22H,7-8,11-15H2,1H3/i15D2. The third-order valence-electron chi connectivity index (χ3n) is 6.73. The van der Waals surface area contributed by atoms with Crippen LogP contribution in [0, 0.1) is 11.7 Å². The lowest BCUT2D eigenvalue weighted by Gasteiger charge is -2.42. The Morgan fingerprint density at radius 1 is 1.24 bits per heavy atom. The molecule has 0 spiro atoms. The minimum absolute atomic E-state index is 0.0331. The number of piperidine rings is 1. The average molecular weight is 479 g/mol. The second kappa shape index (κ2) is 8.78. The van der Waals surface area contributed by atoms with Gasteiger partial charge in [-0.05, 0) is 35.9 Å². The van der Waals surface area contributed by atoms with E-state index in [1.807, 2.05) is 0 Å². The monoisotopic (exact) mass is 479 g/mol. The molecular formula is C25H26F3NO5. The topological polar surface area (TPSA) is 57.2 Å². The molecule has 182 valence electrons. The minimum atomic E-state index is -2.62. The van der Waals surface area contributed by atoms with Crippen LogP contribution in [-0.2, 0) is 15.1 Å². The van der Waals surface area contributed by atoms with Gasteiger partial charge in [0.25, 0.3) is 5.91 Å². The van der Waals surface area contributed by atoms with Crippen LogP contribution in [0.25, 0.3) is 0 Å². The molecule has 34 heavy (non-hydrogen) atoms. The molecule has 2 heterocycles. The molecule has 0 bridgehead atoms. The molecule has 0 radical (unpaired) electrons. The molecule has 3 fully saturated rings. The number of amides is 1. The summed E-state index contributed by atoms with van der Waals surface area (Å²) < 4.78 is 78.2. The quantitative estimate of drug-likeness (QED) is 0.616. The second-order valence-corrected chi connectivity index (χ2v) is 9.00. The minimum Gasteiger partial charge on any atom is -0.493 e. The number of carbonyl (C=O) groups is 1. The Hall–Kier alpha value is -2.78. The molecule has 1 saturated carbocycles. The van der Waals surface area contributed by atoms with Crippen LogP contribution in [0.15, 0.2) is 42.5 Å². The smallest absolute Gasteiger partial charge is 0.254 e. The van der Waals surface area contributed by atoms with Crippen molar-refractivity contribution >= 4 is 5.91 Å². The van der Waals surface area contributed by atoms with Crippen LogP contribution in [0.3, 0.4) is 0 Å². The van der Waals surface area contributed by atoms with Gasteiger partial charge in [0.05, 0.1) is 23.0 Å². The Morgan fingerprint density at radius 2 is 2.06 bits per heavy atom. The SMILES string of the molecule is [2H]C1([2H])OC2CN(C(=O)c3ccc(OCC4CC(F)(F)C4)c(OC)c3)CCC2(c2cccc(F)c2)O1. The predicted molar refractivity (Wildman–Crippen MR) is 116 cm³/mol. The zero-order chi connectivity index (χ0) is 25.7. The maximum atomic E-state index is 13.9. The Balaban J connectivity index is 1.30. The molecule has 2 unspecified atom stereocenters. The third-order valence-corrected chi connectivity index (χ3v) is 6.73. The molecule has 2 saturated heterocycles. The van der Waals surface area contributed by atoms with Crippen LogP contribution in [0.1, 0.15) is 37.9 Å². The number of methoxy groups -OCH3 is 1. The van der Waals surface area contributed by atoms with E-state index < -0.39 is 30.2 Å². The van der Waals surface area contributed by atoms with Gasteiger partial charge in [-0.2, -0.15) is 0 Å². The fourth-order valence-electron chi connectivity index (χ4n) is 4.84. The first kappa shape index (κ1) is 20.6. The summed E-state index contributed by atoms with van der Waals surface area (Å²) in [5.74, 6) is -3.00. The van der Waals surface area contributed by atoms with Gasteiger partial charge in [-0.15, -0.1) is 0 Å². The van der Waals surface area contributed by atoms with Crippen LogP contribution in [-0.4, -0.2) is 56.4 Å². The summed E-state index contributed by atoms with van der Waals surface area (Å²) in [5, 5.41) is 0. The fraction of sp³-hybridized carbons (Fsp3) is 0.480. The van der Waals surface area contributed by atoms with Gasteiger partial charge in [0, 0.05) is 37.3 Å². The van der Waals surface area contributed by atoms with Gasteiger partial charge in [0.1, 0.15) is 24.3 Å². The summed E-state index contributed by atoms with van der Waals surface area (Å²) in [6.07, 6.45) is -1.06. The maximum absolute atomic E-state index is 13.9. The van der Waals surface area contributed by atoms with Gasteiger partial charge >= 0.3 is 0 Å². The van der Waals surface area contributed by atoms with Crippen molar-refractivity contribution in [3.8, 4) is 11.5 Å². The van der Waals surface area contributed by atoms with E-state index in [4.69, 9.17) is 21.7 Å². The van der Waals surface area contributed by atoms with Crippen molar-refractivity contribution in [2.75, 3.05) is 33.6 Å². The highest BCUT2D eigenvalue weighted by atomic mass is 19.3. The first-order valence-corrected chi connectivity index (χ1v) is 11.1. The highest BCUT2D eigenvalue weighted by Crippen LogP contribution is 2.44. The van der Waals surface area contributed by atoms with Crippen LogP contribution in [0.2, 0.25) is 0 Å². The molecule has 5 rings (SSSR count). The molecule has 0 N–H and O–H groups in total. The highest BCUT2D eigenvalue weighted by molar-refractivity contribution is 5.95. The van der Waals surface area contributed by atoms with E-state index in [0.717, 1.165) is 0 Å². The average Bonchev–Trinajstić information content (AvgIpc) is 3.11. The molecule has 1 amide bonds. The van der Waals surface area contributed by atoms with Gasteiger partial charge in [0.2, 0.25) is 5.92 Å². The number of alkyl halides is 2. The van der Waals surface area contributed by atoms with Crippen molar-refractivity contribution in [2.24, 2.45) is 5.92 Å². The molecule has 0 aromatic heterocycles. The third kappa shape index (κ3) is 4.22. The van der Waals surface area contributed by atoms with Gasteiger partial charge in [-0.3, -0.25) is 4.79 Å². The van der Waals surface area contributed by atoms with E-state index in [1.54, 1.807) is 18.2 Å². The molecule has 2 atom stereocenters. The molecule has 3 aliphatic rings. The Labute approximate surface area is 198 Å². The lowest BCUT2D eigenvalue weighted by atomic mass is 9.82. The first-order chi connectivity index (χ1) is 17.0. The number of halogens is 3. The summed E-state index contributed by atoms with van der Waals surface area (Å²) in [5.41, 5.74) is -0.459. The van der Waals surface area contributed by atoms with Crippen molar-refractivity contribution < 1.29 is 39.7 Å². The number of hydrogen-bond acceptors (Lipinski definition) is 5. The lowest BCUT2D eigenvalue weighted by molar-refractivity contribution is -0.119. The van der Waals surface area contributed by atoms with Gasteiger partial charge in [-0.25, -0.2) is 13.2 Å². The Kier molecular flexibility index (Phi) is 5.31. The molecular weight excluding hydrogens is 451 g/mol. The fourth-order valence-corrected chi connectivity index (χ4v) is 4.84. The highest BCUT2D eigenvalue weighted by Gasteiger charge is 2.51. The normalized spacial score (nSPS) is 28.4. The first-order valence-electron chi connectivity index (χ1n) is 12.1. The van der Waals surface area contributed by atoms with Crippen molar-refractivity contribution in [1.29, 1.82) is 0 Å². The van der Waals surface area contributed by atoms with Crippen LogP contribution in [0.5, 0.6) is 11.5 Å². The van der Waals surface area contributed by atoms with E-state index in [-0.39, 0.29) is 50.8 Å². The summed E-state index contributed by atoms with van der Waals surface area (Å²) in [6.45, 7) is -2.00. The van der Waals surface area contributed by atoms with Crippen molar-refractivity contribution in [3.63, 3.8) is 0 Å². The number of hydrogen-bond donors (Lipinski definition) is 0. The van der Waals surface area contributed by atoms with E-state index in [0.29, 0.717) is 22.6 Å². The number of likely N-dealkylation sites (tertiary alicyclic amines) is 1. The number of fused-ring (bicyclic) bond motifs is 1. The van der Waals surface area contributed by atoms with Crippen LogP contribution in [0.4, 0.5) is 13.2 Å². The van der Waals surface area contributed by atoms with Gasteiger partial charge < -0.3 is 23.8 Å². The summed E-state index contributed by atoms with van der Waals surface area (Å²) in [7, 11) is 1.42. The van der Waals surface area contributed by atoms with Crippen LogP contribution >= 0.6 is 0 Å². The van der Waals surface area contributed by atoms with Gasteiger partial charge in [0.15, 0.2) is 11.5 Å². The number of rotatable bonds is 6. The molecule has 6 nitrogen and oxygen atoms in total. The van der Waals surface area contributed by atoms with Crippen molar-refractivity contribution in [1.82, 2.24) is 4.90 Å². The Morgan fingerprint density at radius 3 is 2.79 bits per heavy atom. The van der Waals surface area contributed by atoms with E-state index in [1.165, 1.54) is 36.3 Å². The number of nitrogens with zero attached hydrogens (tertiary/aromatic N) is 1. The lowest BCUT2D eigenvalue weighted by Crippen LogP contribution is -2.53. The Bertz CT molecular complexity index is 1160. The van der Waals surface area contributed by atoms with Crippen LogP contribution < -0.4 is 9.47 Å². The van der Waals surface area contributed by atoms with Crippen molar-refractivity contribution in [2.45, 2.75) is 36.9 Å². The number of benzene rings is 2. The maximum Gasteiger partial charge on any atom is 0.254 e. The van der Waals surface area contributed by atoms with Crippen molar-refractivity contribution in [3.05, 3.63) is 59.4 Å². The van der Waals surface area contributed by atoms with E-state index in [2.05, 4.69) is 0 Å². The molecule has 1 aliphatic carbocycles. The largest absolute Gasteiger partial charge is 0.493 e. The summed E-state index contributed by atoms with van der Waals surface area (Å²) >= 11 is 0. The zero-order valence-corrected chi connectivity index (χ0v) is 18.6. The van der Waals surface area contributed by atoms with E-state index in [9.17, 15) is 18.0 Å².